The Balaban J connectivity index is 2.05. The molecule has 2 aromatic rings. The van der Waals surface area contributed by atoms with Gasteiger partial charge in [0.25, 0.3) is 5.91 Å². The number of thiophene rings is 1. The van der Waals surface area contributed by atoms with Crippen LogP contribution in [0.3, 0.4) is 0 Å². The highest BCUT2D eigenvalue weighted by molar-refractivity contribution is 7.10. The van der Waals surface area contributed by atoms with E-state index < -0.39 is 0 Å². The second-order valence-electron chi connectivity index (χ2n) is 4.18. The van der Waals surface area contributed by atoms with Crippen LogP contribution in [0.4, 0.5) is 0 Å². The topological polar surface area (TPSA) is 33.2 Å². The molecular weight excluding hydrogens is 244 g/mol. The molecule has 0 radical (unpaired) electrons. The summed E-state index contributed by atoms with van der Waals surface area (Å²) in [5.74, 6) is 0.0646. The zero-order valence-corrected chi connectivity index (χ0v) is 11.4. The van der Waals surface area contributed by atoms with Gasteiger partial charge in [0.05, 0.1) is 5.56 Å². The monoisotopic (exact) mass is 260 g/mol. The molecule has 0 spiro atoms. The number of hydrogen-bond acceptors (Lipinski definition) is 3. The molecule has 3 nitrogen and oxygen atoms in total. The highest BCUT2D eigenvalue weighted by Gasteiger charge is 2.13. The molecule has 0 aliphatic heterocycles. The van der Waals surface area contributed by atoms with Gasteiger partial charge in [-0.05, 0) is 24.1 Å². The average Bonchev–Trinajstić information content (AvgIpc) is 2.87. The van der Waals surface area contributed by atoms with Crippen molar-refractivity contribution < 1.29 is 4.79 Å². The minimum absolute atomic E-state index is 0.0646. The van der Waals surface area contributed by atoms with Crippen molar-refractivity contribution in [2.24, 2.45) is 0 Å². The van der Waals surface area contributed by atoms with Gasteiger partial charge in [0.2, 0.25) is 0 Å². The van der Waals surface area contributed by atoms with Crippen LogP contribution in [0.1, 0.15) is 27.7 Å². The van der Waals surface area contributed by atoms with Gasteiger partial charge in [-0.1, -0.05) is 13.0 Å². The molecule has 0 bridgehead atoms. The molecule has 0 saturated heterocycles. The summed E-state index contributed by atoms with van der Waals surface area (Å²) in [4.78, 5) is 19.2. The highest BCUT2D eigenvalue weighted by Crippen LogP contribution is 2.17. The van der Waals surface area contributed by atoms with Crippen LogP contribution in [-0.4, -0.2) is 22.8 Å². The second kappa shape index (κ2) is 5.78. The molecule has 0 aliphatic carbocycles. The molecule has 94 valence electrons. The Morgan fingerprint density at radius 1 is 1.50 bits per heavy atom. The summed E-state index contributed by atoms with van der Waals surface area (Å²) in [6.07, 6.45) is 4.50. The summed E-state index contributed by atoms with van der Waals surface area (Å²) < 4.78 is 0. The van der Waals surface area contributed by atoms with Crippen molar-refractivity contribution in [1.82, 2.24) is 9.88 Å². The van der Waals surface area contributed by atoms with Crippen LogP contribution in [-0.2, 0) is 13.0 Å². The molecule has 18 heavy (non-hydrogen) atoms. The number of carbonyl (C=O) groups excluding carboxylic acids is 1. The SMILES string of the molecule is CCc1cc(C(=O)N(C)Cc2cccnc2)cs1. The van der Waals surface area contributed by atoms with Gasteiger partial charge in [-0.15, -0.1) is 11.3 Å². The van der Waals surface area contributed by atoms with Crippen LogP contribution < -0.4 is 0 Å². The predicted octanol–water partition coefficient (Wildman–Crippen LogP) is 2.98. The Hall–Kier alpha value is -1.68. The Labute approximate surface area is 111 Å². The minimum Gasteiger partial charge on any atom is -0.337 e. The number of pyridine rings is 1. The number of amides is 1. The van der Waals surface area contributed by atoms with E-state index in [2.05, 4.69) is 11.9 Å². The van der Waals surface area contributed by atoms with Crippen molar-refractivity contribution in [1.29, 1.82) is 0 Å². The molecule has 0 saturated carbocycles. The molecule has 0 aromatic carbocycles. The third-order valence-electron chi connectivity index (χ3n) is 2.74. The van der Waals surface area contributed by atoms with Crippen molar-refractivity contribution in [3.8, 4) is 0 Å². The summed E-state index contributed by atoms with van der Waals surface area (Å²) in [6.45, 7) is 2.68. The fourth-order valence-electron chi connectivity index (χ4n) is 1.74. The summed E-state index contributed by atoms with van der Waals surface area (Å²) in [5, 5.41) is 1.93. The molecule has 2 aromatic heterocycles. The van der Waals surface area contributed by atoms with Crippen molar-refractivity contribution in [3.05, 3.63) is 52.0 Å². The van der Waals surface area contributed by atoms with E-state index in [1.54, 1.807) is 28.6 Å². The average molecular weight is 260 g/mol. The molecule has 1 amide bonds. The molecule has 0 fully saturated rings. The number of aromatic nitrogens is 1. The minimum atomic E-state index is 0.0646. The fraction of sp³-hybridized carbons (Fsp3) is 0.286. The third kappa shape index (κ3) is 2.96. The molecule has 0 aliphatic rings. The van der Waals surface area contributed by atoms with Gasteiger partial charge in [-0.25, -0.2) is 0 Å². The van der Waals surface area contributed by atoms with Crippen molar-refractivity contribution >= 4 is 17.2 Å². The van der Waals surface area contributed by atoms with E-state index in [0.717, 1.165) is 17.5 Å². The number of aryl methyl sites for hydroxylation is 1. The highest BCUT2D eigenvalue weighted by atomic mass is 32.1. The van der Waals surface area contributed by atoms with Gasteiger partial charge in [0.15, 0.2) is 0 Å². The predicted molar refractivity (Wildman–Crippen MR) is 73.7 cm³/mol. The Bertz CT molecular complexity index is 522. The van der Waals surface area contributed by atoms with Gasteiger partial charge < -0.3 is 4.90 Å². The largest absolute Gasteiger partial charge is 0.337 e. The van der Waals surface area contributed by atoms with Crippen LogP contribution in [0, 0.1) is 0 Å². The van der Waals surface area contributed by atoms with E-state index >= 15 is 0 Å². The first-order valence-corrected chi connectivity index (χ1v) is 6.80. The zero-order valence-electron chi connectivity index (χ0n) is 10.6. The lowest BCUT2D eigenvalue weighted by molar-refractivity contribution is 0.0785. The van der Waals surface area contributed by atoms with Crippen LogP contribution in [0.25, 0.3) is 0 Å². The lowest BCUT2D eigenvalue weighted by atomic mass is 10.2. The molecule has 0 atom stereocenters. The first-order chi connectivity index (χ1) is 8.70. The van der Waals surface area contributed by atoms with Gasteiger partial charge >= 0.3 is 0 Å². The quantitative estimate of drug-likeness (QED) is 0.846. The first kappa shape index (κ1) is 12.8. The Kier molecular flexibility index (Phi) is 4.10. The van der Waals surface area contributed by atoms with Crippen molar-refractivity contribution in [2.45, 2.75) is 19.9 Å². The summed E-state index contributed by atoms with van der Waals surface area (Å²) in [5.41, 5.74) is 1.82. The number of carbonyl (C=O) groups is 1. The molecule has 2 rings (SSSR count). The number of rotatable bonds is 4. The summed E-state index contributed by atoms with van der Waals surface area (Å²) >= 11 is 1.64. The van der Waals surface area contributed by atoms with Crippen LogP contribution in [0.5, 0.6) is 0 Å². The zero-order chi connectivity index (χ0) is 13.0. The van der Waals surface area contributed by atoms with E-state index in [-0.39, 0.29) is 5.91 Å². The van der Waals surface area contributed by atoms with E-state index in [1.807, 2.05) is 30.6 Å². The lowest BCUT2D eigenvalue weighted by Crippen LogP contribution is -2.25. The van der Waals surface area contributed by atoms with E-state index in [9.17, 15) is 4.79 Å². The van der Waals surface area contributed by atoms with Crippen LogP contribution in [0.2, 0.25) is 0 Å². The Morgan fingerprint density at radius 3 is 2.94 bits per heavy atom. The number of hydrogen-bond donors (Lipinski definition) is 0. The molecule has 0 unspecified atom stereocenters. The molecular formula is C14H16N2OS. The van der Waals surface area contributed by atoms with Gasteiger partial charge in [0.1, 0.15) is 0 Å². The maximum atomic E-state index is 12.2. The van der Waals surface area contributed by atoms with Crippen LogP contribution in [0.15, 0.2) is 36.0 Å². The lowest BCUT2D eigenvalue weighted by Gasteiger charge is -2.16. The van der Waals surface area contributed by atoms with Crippen molar-refractivity contribution in [2.75, 3.05) is 7.05 Å². The summed E-state index contributed by atoms with van der Waals surface area (Å²) in [7, 11) is 1.82. The third-order valence-corrected chi connectivity index (χ3v) is 3.82. The maximum Gasteiger partial charge on any atom is 0.254 e. The first-order valence-electron chi connectivity index (χ1n) is 5.92. The summed E-state index contributed by atoms with van der Waals surface area (Å²) in [6, 6.07) is 5.84. The number of nitrogens with zero attached hydrogens (tertiary/aromatic N) is 2. The standard InChI is InChI=1S/C14H16N2OS/c1-3-13-7-12(10-18-13)14(17)16(2)9-11-5-4-6-15-8-11/h4-8,10H,3,9H2,1-2H3. The van der Waals surface area contributed by atoms with Crippen LogP contribution >= 0.6 is 11.3 Å². The molecule has 4 heteroatoms. The van der Waals surface area contributed by atoms with Gasteiger partial charge in [-0.3, -0.25) is 9.78 Å². The van der Waals surface area contributed by atoms with E-state index in [1.165, 1.54) is 4.88 Å². The Morgan fingerprint density at radius 2 is 2.33 bits per heavy atom. The van der Waals surface area contributed by atoms with E-state index in [0.29, 0.717) is 6.54 Å². The second-order valence-corrected chi connectivity index (χ2v) is 5.17. The fourth-order valence-corrected chi connectivity index (χ4v) is 2.54. The van der Waals surface area contributed by atoms with Gasteiger partial charge in [0, 0.05) is 36.2 Å². The molecule has 0 N–H and O–H groups in total. The molecule has 2 heterocycles. The van der Waals surface area contributed by atoms with E-state index in [4.69, 9.17) is 0 Å². The normalized spacial score (nSPS) is 10.3. The van der Waals surface area contributed by atoms with Crippen molar-refractivity contribution in [3.63, 3.8) is 0 Å². The maximum absolute atomic E-state index is 12.2. The smallest absolute Gasteiger partial charge is 0.254 e. The van der Waals surface area contributed by atoms with Gasteiger partial charge in [-0.2, -0.15) is 0 Å².